The molecule has 2 aromatic rings. The van der Waals surface area contributed by atoms with Gasteiger partial charge in [-0.3, -0.25) is 19.3 Å². The molecule has 3 rings (SSSR count). The van der Waals surface area contributed by atoms with Gasteiger partial charge < -0.3 is 5.32 Å². The van der Waals surface area contributed by atoms with E-state index in [1.54, 1.807) is 31.2 Å². The maximum atomic E-state index is 12.3. The lowest BCUT2D eigenvalue weighted by Gasteiger charge is -2.14. The fourth-order valence-corrected chi connectivity index (χ4v) is 2.69. The maximum Gasteiger partial charge on any atom is 0.261 e. The van der Waals surface area contributed by atoms with E-state index in [9.17, 15) is 14.4 Å². The smallest absolute Gasteiger partial charge is 0.261 e. The van der Waals surface area contributed by atoms with Crippen LogP contribution in [0.3, 0.4) is 0 Å². The normalized spacial score (nSPS) is 13.1. The molecular weight excluding hydrogens is 304 g/mol. The molecule has 122 valence electrons. The summed E-state index contributed by atoms with van der Waals surface area (Å²) in [5.41, 5.74) is 2.69. The van der Waals surface area contributed by atoms with Crippen molar-refractivity contribution in [3.63, 3.8) is 0 Å². The minimum atomic E-state index is -0.234. The van der Waals surface area contributed by atoms with Gasteiger partial charge in [-0.05, 0) is 36.2 Å². The van der Waals surface area contributed by atoms with Crippen molar-refractivity contribution in [2.75, 3.05) is 11.9 Å². The van der Waals surface area contributed by atoms with E-state index in [1.807, 2.05) is 24.3 Å². The zero-order valence-electron chi connectivity index (χ0n) is 13.4. The number of amides is 3. The first-order chi connectivity index (χ1) is 11.6. The average Bonchev–Trinajstić information content (AvgIpc) is 2.85. The predicted molar refractivity (Wildman–Crippen MR) is 90.9 cm³/mol. The van der Waals surface area contributed by atoms with Gasteiger partial charge in [-0.2, -0.15) is 0 Å². The molecule has 0 aromatic heterocycles. The number of benzene rings is 2. The van der Waals surface area contributed by atoms with E-state index in [2.05, 4.69) is 5.32 Å². The first kappa shape index (κ1) is 15.9. The van der Waals surface area contributed by atoms with Gasteiger partial charge in [-0.1, -0.05) is 31.2 Å². The lowest BCUT2D eigenvalue weighted by atomic mass is 10.1. The van der Waals surface area contributed by atoms with Crippen LogP contribution in [0.5, 0.6) is 0 Å². The number of imide groups is 1. The third kappa shape index (κ3) is 3.06. The van der Waals surface area contributed by atoms with E-state index < -0.39 is 0 Å². The molecule has 1 aliphatic heterocycles. The van der Waals surface area contributed by atoms with Crippen molar-refractivity contribution in [2.45, 2.75) is 19.8 Å². The van der Waals surface area contributed by atoms with Crippen molar-refractivity contribution in [3.05, 3.63) is 65.2 Å². The monoisotopic (exact) mass is 322 g/mol. The first-order valence-electron chi connectivity index (χ1n) is 7.94. The number of nitrogens with zero attached hydrogens (tertiary/aromatic N) is 1. The topological polar surface area (TPSA) is 66.5 Å². The Labute approximate surface area is 140 Å². The summed E-state index contributed by atoms with van der Waals surface area (Å²) in [6, 6.07) is 14.3. The highest BCUT2D eigenvalue weighted by molar-refractivity contribution is 6.21. The fourth-order valence-electron chi connectivity index (χ4n) is 2.69. The minimum Gasteiger partial charge on any atom is -0.326 e. The number of carbonyl (C=O) groups is 3. The first-order valence-corrected chi connectivity index (χ1v) is 7.94. The number of nitrogens with one attached hydrogen (secondary N) is 1. The van der Waals surface area contributed by atoms with Crippen molar-refractivity contribution >= 4 is 23.4 Å². The van der Waals surface area contributed by atoms with Gasteiger partial charge in [-0.15, -0.1) is 0 Å². The molecule has 1 heterocycles. The molecule has 0 unspecified atom stereocenters. The van der Waals surface area contributed by atoms with Crippen LogP contribution in [-0.4, -0.2) is 29.2 Å². The number of hydrogen-bond acceptors (Lipinski definition) is 3. The Morgan fingerprint density at radius 2 is 1.54 bits per heavy atom. The van der Waals surface area contributed by atoms with E-state index in [1.165, 1.54) is 4.90 Å². The molecule has 2 aromatic carbocycles. The molecule has 0 saturated carbocycles. The molecule has 0 spiro atoms. The summed E-state index contributed by atoms with van der Waals surface area (Å²) in [7, 11) is 0. The largest absolute Gasteiger partial charge is 0.326 e. The van der Waals surface area contributed by atoms with Crippen LogP contribution in [0, 0.1) is 0 Å². The van der Waals surface area contributed by atoms with E-state index in [4.69, 9.17) is 0 Å². The van der Waals surface area contributed by atoms with Gasteiger partial charge in [0.2, 0.25) is 5.91 Å². The molecule has 0 fully saturated rings. The Kier molecular flexibility index (Phi) is 4.42. The number of carbonyl (C=O) groups excluding carboxylic acids is 3. The lowest BCUT2D eigenvalue weighted by Crippen LogP contribution is -2.31. The summed E-state index contributed by atoms with van der Waals surface area (Å²) in [6.45, 7) is 2.14. The number of fused-ring (bicyclic) bond motifs is 1. The highest BCUT2D eigenvalue weighted by Gasteiger charge is 2.34. The highest BCUT2D eigenvalue weighted by Crippen LogP contribution is 2.22. The molecule has 0 atom stereocenters. The molecule has 0 saturated heterocycles. The van der Waals surface area contributed by atoms with Crippen molar-refractivity contribution in [2.24, 2.45) is 0 Å². The fraction of sp³-hybridized carbons (Fsp3) is 0.211. The Balaban J connectivity index is 1.63. The summed E-state index contributed by atoms with van der Waals surface area (Å²) in [5, 5.41) is 2.78. The zero-order valence-corrected chi connectivity index (χ0v) is 13.4. The molecular formula is C19H18N2O3. The molecule has 0 bridgehead atoms. The van der Waals surface area contributed by atoms with Crippen molar-refractivity contribution in [3.8, 4) is 0 Å². The van der Waals surface area contributed by atoms with Gasteiger partial charge in [0, 0.05) is 18.7 Å². The van der Waals surface area contributed by atoms with E-state index in [0.717, 1.165) is 11.3 Å². The molecule has 24 heavy (non-hydrogen) atoms. The van der Waals surface area contributed by atoms with Crippen LogP contribution < -0.4 is 5.32 Å². The predicted octanol–water partition coefficient (Wildman–Crippen LogP) is 2.87. The van der Waals surface area contributed by atoms with E-state index in [-0.39, 0.29) is 17.7 Å². The van der Waals surface area contributed by atoms with E-state index in [0.29, 0.717) is 30.5 Å². The molecule has 1 N–H and O–H groups in total. The Hall–Kier alpha value is -2.95. The van der Waals surface area contributed by atoms with Crippen molar-refractivity contribution < 1.29 is 14.4 Å². The highest BCUT2D eigenvalue weighted by atomic mass is 16.2. The summed E-state index contributed by atoms with van der Waals surface area (Å²) in [6.07, 6.45) is 1.01. The lowest BCUT2D eigenvalue weighted by molar-refractivity contribution is -0.115. The van der Waals surface area contributed by atoms with E-state index >= 15 is 0 Å². The van der Waals surface area contributed by atoms with Crippen LogP contribution in [0.2, 0.25) is 0 Å². The standard InChI is InChI=1S/C19H18N2O3/c1-2-17(22)20-14-9-7-13(8-10-14)11-12-21-18(23)15-5-3-4-6-16(15)19(21)24/h3-10H,2,11-12H2,1H3,(H,20,22). The average molecular weight is 322 g/mol. The second kappa shape index (κ2) is 6.66. The Morgan fingerprint density at radius 3 is 2.08 bits per heavy atom. The summed E-state index contributed by atoms with van der Waals surface area (Å²) in [5.74, 6) is -0.501. The second-order valence-corrected chi connectivity index (χ2v) is 5.66. The maximum absolute atomic E-state index is 12.3. The van der Waals surface area contributed by atoms with Crippen molar-refractivity contribution in [1.29, 1.82) is 0 Å². The zero-order chi connectivity index (χ0) is 17.1. The summed E-state index contributed by atoms with van der Waals surface area (Å²) in [4.78, 5) is 37.2. The second-order valence-electron chi connectivity index (χ2n) is 5.66. The summed E-state index contributed by atoms with van der Waals surface area (Å²) >= 11 is 0. The molecule has 1 aliphatic rings. The van der Waals surface area contributed by atoms with Crippen LogP contribution in [-0.2, 0) is 11.2 Å². The van der Waals surface area contributed by atoms with Crippen LogP contribution >= 0.6 is 0 Å². The van der Waals surface area contributed by atoms with Gasteiger partial charge in [0.25, 0.3) is 11.8 Å². The third-order valence-electron chi connectivity index (χ3n) is 4.06. The number of anilines is 1. The Bertz CT molecular complexity index is 762. The van der Waals surface area contributed by atoms with Gasteiger partial charge in [0.15, 0.2) is 0 Å². The minimum absolute atomic E-state index is 0.0335. The van der Waals surface area contributed by atoms with Gasteiger partial charge in [0.1, 0.15) is 0 Å². The van der Waals surface area contributed by atoms with Crippen molar-refractivity contribution in [1.82, 2.24) is 4.90 Å². The molecule has 5 heteroatoms. The quantitative estimate of drug-likeness (QED) is 0.861. The molecule has 3 amide bonds. The van der Waals surface area contributed by atoms with Gasteiger partial charge >= 0.3 is 0 Å². The SMILES string of the molecule is CCC(=O)Nc1ccc(CCN2C(=O)c3ccccc3C2=O)cc1. The summed E-state index contributed by atoms with van der Waals surface area (Å²) < 4.78 is 0. The van der Waals surface area contributed by atoms with Crippen LogP contribution in [0.4, 0.5) is 5.69 Å². The third-order valence-corrected chi connectivity index (χ3v) is 4.06. The molecule has 5 nitrogen and oxygen atoms in total. The molecule has 0 radical (unpaired) electrons. The molecule has 0 aliphatic carbocycles. The van der Waals surface area contributed by atoms with Crippen LogP contribution in [0.15, 0.2) is 48.5 Å². The number of rotatable bonds is 5. The number of hydrogen-bond donors (Lipinski definition) is 1. The van der Waals surface area contributed by atoms with Crippen LogP contribution in [0.25, 0.3) is 0 Å². The van der Waals surface area contributed by atoms with Gasteiger partial charge in [0.05, 0.1) is 11.1 Å². The van der Waals surface area contributed by atoms with Crippen LogP contribution in [0.1, 0.15) is 39.6 Å². The Morgan fingerprint density at radius 1 is 0.958 bits per heavy atom. The van der Waals surface area contributed by atoms with Gasteiger partial charge in [-0.25, -0.2) is 0 Å².